The van der Waals surface area contributed by atoms with Crippen LogP contribution in [0.5, 0.6) is 0 Å². The molecule has 2 nitrogen and oxygen atoms in total. The smallest absolute Gasteiger partial charge is 0.228 e. The van der Waals surface area contributed by atoms with E-state index >= 15 is 0 Å². The highest BCUT2D eigenvalue weighted by atomic mass is 32.2. The van der Waals surface area contributed by atoms with Gasteiger partial charge in [-0.3, -0.25) is 9.69 Å². The Labute approximate surface area is 140 Å². The molecule has 0 aromatic rings. The Hall–Kier alpha value is -0.0900. The van der Waals surface area contributed by atoms with Crippen LogP contribution in [0.2, 0.25) is 0 Å². The van der Waals surface area contributed by atoms with Crippen LogP contribution in [0.4, 0.5) is 0 Å². The summed E-state index contributed by atoms with van der Waals surface area (Å²) >= 11 is 6.80. The Morgan fingerprint density at radius 1 is 1.00 bits per heavy atom. The van der Waals surface area contributed by atoms with Gasteiger partial charge in [-0.2, -0.15) is 0 Å². The van der Waals surface area contributed by atoms with Gasteiger partial charge in [0.05, 0.1) is 0 Å². The zero-order valence-electron chi connectivity index (χ0n) is 13.6. The van der Waals surface area contributed by atoms with Crippen molar-refractivity contribution in [3.63, 3.8) is 0 Å². The summed E-state index contributed by atoms with van der Waals surface area (Å²) in [5, 5.41) is 0. The van der Waals surface area contributed by atoms with E-state index in [1.54, 1.807) is 16.7 Å². The fourth-order valence-electron chi connectivity index (χ4n) is 2.70. The van der Waals surface area contributed by atoms with E-state index in [0.717, 1.165) is 23.0 Å². The third-order valence-corrected chi connectivity index (χ3v) is 5.48. The second-order valence-electron chi connectivity index (χ2n) is 5.95. The normalized spacial score (nSPS) is 14.9. The number of hydrogen-bond donors (Lipinski definition) is 0. The average molecular weight is 330 g/mol. The summed E-state index contributed by atoms with van der Waals surface area (Å²) in [5.74, 6) is 1.21. The average Bonchev–Trinajstić information content (AvgIpc) is 2.91. The molecule has 4 heteroatoms. The van der Waals surface area contributed by atoms with Gasteiger partial charge in [-0.15, -0.1) is 0 Å². The van der Waals surface area contributed by atoms with E-state index in [2.05, 4.69) is 6.92 Å². The zero-order valence-corrected chi connectivity index (χ0v) is 15.2. The number of hydrogen-bond acceptors (Lipinski definition) is 3. The predicted molar refractivity (Wildman–Crippen MR) is 97.8 cm³/mol. The van der Waals surface area contributed by atoms with Gasteiger partial charge in [0, 0.05) is 18.7 Å². The monoisotopic (exact) mass is 329 g/mol. The largest absolute Gasteiger partial charge is 0.297 e. The molecule has 1 aliphatic heterocycles. The lowest BCUT2D eigenvalue weighted by Crippen LogP contribution is -2.30. The van der Waals surface area contributed by atoms with E-state index in [1.807, 2.05) is 0 Å². The number of nitrogens with zero attached hydrogens (tertiary/aromatic N) is 1. The summed E-state index contributed by atoms with van der Waals surface area (Å²) in [6.07, 6.45) is 15.2. The van der Waals surface area contributed by atoms with Gasteiger partial charge in [0.15, 0.2) is 0 Å². The topological polar surface area (TPSA) is 20.3 Å². The lowest BCUT2D eigenvalue weighted by atomic mass is 10.1. The number of thioether (sulfide) groups is 1. The second kappa shape index (κ2) is 12.5. The fourth-order valence-corrected chi connectivity index (χ4v) is 3.94. The van der Waals surface area contributed by atoms with Crippen molar-refractivity contribution in [2.24, 2.45) is 0 Å². The molecule has 0 N–H and O–H groups in total. The Kier molecular flexibility index (Phi) is 11.2. The van der Waals surface area contributed by atoms with Gasteiger partial charge in [-0.05, 0) is 6.42 Å². The lowest BCUT2D eigenvalue weighted by Gasteiger charge is -2.14. The van der Waals surface area contributed by atoms with Crippen molar-refractivity contribution in [1.29, 1.82) is 0 Å². The second-order valence-corrected chi connectivity index (χ2v) is 7.67. The number of thiocarbonyl (C=S) groups is 1. The molecule has 0 atom stereocenters. The van der Waals surface area contributed by atoms with Crippen molar-refractivity contribution in [1.82, 2.24) is 4.90 Å². The first kappa shape index (κ1) is 19.0. The SMILES string of the molecule is CCCCCCCCCCCCCC(=O)N1CCSC1=S. The quantitative estimate of drug-likeness (QED) is 0.346. The number of amides is 1. The van der Waals surface area contributed by atoms with Crippen molar-refractivity contribution in [2.45, 2.75) is 84.0 Å². The zero-order chi connectivity index (χ0) is 15.3. The molecule has 0 bridgehead atoms. The summed E-state index contributed by atoms with van der Waals surface area (Å²) in [6.45, 7) is 3.08. The molecule has 122 valence electrons. The van der Waals surface area contributed by atoms with Gasteiger partial charge in [0.25, 0.3) is 0 Å². The molecule has 0 spiro atoms. The molecule has 1 aliphatic rings. The number of unbranched alkanes of at least 4 members (excludes halogenated alkanes) is 10. The fraction of sp³-hybridized carbons (Fsp3) is 0.882. The molecule has 21 heavy (non-hydrogen) atoms. The minimum absolute atomic E-state index is 0.237. The summed E-state index contributed by atoms with van der Waals surface area (Å²) < 4.78 is 0.781. The first-order chi connectivity index (χ1) is 10.3. The van der Waals surface area contributed by atoms with E-state index in [1.165, 1.54) is 64.2 Å². The van der Waals surface area contributed by atoms with Gasteiger partial charge in [-0.25, -0.2) is 0 Å². The molecule has 0 radical (unpaired) electrons. The van der Waals surface area contributed by atoms with Gasteiger partial charge < -0.3 is 0 Å². The molecule has 1 heterocycles. The van der Waals surface area contributed by atoms with Crippen LogP contribution >= 0.6 is 24.0 Å². The Balaban J connectivity index is 1.84. The van der Waals surface area contributed by atoms with E-state index in [-0.39, 0.29) is 5.91 Å². The molecular weight excluding hydrogens is 298 g/mol. The third-order valence-electron chi connectivity index (χ3n) is 4.06. The molecule has 0 aliphatic carbocycles. The van der Waals surface area contributed by atoms with Crippen molar-refractivity contribution >= 4 is 34.2 Å². The van der Waals surface area contributed by atoms with E-state index < -0.39 is 0 Å². The molecule has 1 rings (SSSR count). The molecule has 0 aromatic heterocycles. The Bertz CT molecular complexity index is 307. The maximum Gasteiger partial charge on any atom is 0.228 e. The number of carbonyl (C=O) groups is 1. The van der Waals surface area contributed by atoms with Gasteiger partial charge in [-0.1, -0.05) is 95.1 Å². The summed E-state index contributed by atoms with van der Waals surface area (Å²) in [5.41, 5.74) is 0. The van der Waals surface area contributed by atoms with Crippen LogP contribution in [0.3, 0.4) is 0 Å². The molecule has 0 unspecified atom stereocenters. The van der Waals surface area contributed by atoms with E-state index in [4.69, 9.17) is 12.2 Å². The van der Waals surface area contributed by atoms with Gasteiger partial charge >= 0.3 is 0 Å². The number of carbonyl (C=O) groups excluding carboxylic acids is 1. The van der Waals surface area contributed by atoms with E-state index in [0.29, 0.717) is 6.42 Å². The highest BCUT2D eigenvalue weighted by Gasteiger charge is 2.23. The Morgan fingerprint density at radius 2 is 1.52 bits per heavy atom. The maximum atomic E-state index is 11.9. The van der Waals surface area contributed by atoms with Crippen LogP contribution in [0.1, 0.15) is 84.0 Å². The van der Waals surface area contributed by atoms with Crippen molar-refractivity contribution in [2.75, 3.05) is 12.3 Å². The summed E-state index contributed by atoms with van der Waals surface area (Å²) in [6, 6.07) is 0. The van der Waals surface area contributed by atoms with Crippen LogP contribution in [0.15, 0.2) is 0 Å². The van der Waals surface area contributed by atoms with Crippen molar-refractivity contribution in [3.05, 3.63) is 0 Å². The first-order valence-corrected chi connectivity index (χ1v) is 10.1. The molecule has 1 amide bonds. The minimum atomic E-state index is 0.237. The van der Waals surface area contributed by atoms with Gasteiger partial charge in [0.1, 0.15) is 4.32 Å². The van der Waals surface area contributed by atoms with Crippen molar-refractivity contribution in [3.8, 4) is 0 Å². The molecular formula is C17H31NOS2. The van der Waals surface area contributed by atoms with Crippen molar-refractivity contribution < 1.29 is 4.79 Å². The highest BCUT2D eigenvalue weighted by Crippen LogP contribution is 2.19. The maximum absolute atomic E-state index is 11.9. The van der Waals surface area contributed by atoms with Crippen LogP contribution in [0.25, 0.3) is 0 Å². The van der Waals surface area contributed by atoms with Crippen LogP contribution in [-0.4, -0.2) is 27.4 Å². The molecule has 0 aromatic carbocycles. The minimum Gasteiger partial charge on any atom is -0.297 e. The highest BCUT2D eigenvalue weighted by molar-refractivity contribution is 8.23. The van der Waals surface area contributed by atoms with Crippen LogP contribution in [-0.2, 0) is 4.79 Å². The Morgan fingerprint density at radius 3 is 2.00 bits per heavy atom. The lowest BCUT2D eigenvalue weighted by molar-refractivity contribution is -0.126. The predicted octanol–water partition coefficient (Wildman–Crippen LogP) is 5.55. The van der Waals surface area contributed by atoms with E-state index in [9.17, 15) is 4.79 Å². The summed E-state index contributed by atoms with van der Waals surface area (Å²) in [7, 11) is 0. The van der Waals surface area contributed by atoms with Crippen LogP contribution < -0.4 is 0 Å². The standard InChI is InChI=1S/C17H31NOS2/c1-2-3-4-5-6-7-8-9-10-11-12-13-16(19)18-14-15-21-17(18)20/h2-15H2,1H3. The summed E-state index contributed by atoms with van der Waals surface area (Å²) in [4.78, 5) is 13.7. The van der Waals surface area contributed by atoms with Crippen LogP contribution in [0, 0.1) is 0 Å². The van der Waals surface area contributed by atoms with Gasteiger partial charge in [0.2, 0.25) is 5.91 Å². The molecule has 1 saturated heterocycles. The first-order valence-electron chi connectivity index (χ1n) is 8.73. The third kappa shape index (κ3) is 8.82. The molecule has 0 saturated carbocycles. The molecule has 1 fully saturated rings. The number of rotatable bonds is 12.